The van der Waals surface area contributed by atoms with E-state index in [0.717, 1.165) is 16.9 Å². The van der Waals surface area contributed by atoms with Crippen LogP contribution in [0.3, 0.4) is 0 Å². The molecule has 2 heterocycles. The number of fused-ring (bicyclic) bond motifs is 1. The van der Waals surface area contributed by atoms with Gasteiger partial charge < -0.3 is 5.32 Å². The Bertz CT molecular complexity index is 507. The Kier molecular flexibility index (Phi) is 2.81. The third kappa shape index (κ3) is 2.33. The third-order valence-electron chi connectivity index (χ3n) is 3.22. The van der Waals surface area contributed by atoms with E-state index in [9.17, 15) is 0 Å². The number of nitrogens with zero attached hydrogens (tertiary/aromatic N) is 4. The maximum absolute atomic E-state index is 4.18. The molecule has 0 aliphatic heterocycles. The molecule has 88 valence electrons. The summed E-state index contributed by atoms with van der Waals surface area (Å²) in [6, 6.07) is 2.48. The van der Waals surface area contributed by atoms with Crippen molar-refractivity contribution in [3.8, 4) is 0 Å². The van der Waals surface area contributed by atoms with Crippen molar-refractivity contribution in [1.29, 1.82) is 0 Å². The highest BCUT2D eigenvalue weighted by atomic mass is 15.2. The van der Waals surface area contributed by atoms with Crippen LogP contribution in [0.15, 0.2) is 18.6 Å². The summed E-state index contributed by atoms with van der Waals surface area (Å²) in [5.41, 5.74) is 1.58. The first-order valence-corrected chi connectivity index (χ1v) is 6.12. The van der Waals surface area contributed by atoms with E-state index in [0.29, 0.717) is 6.04 Å². The van der Waals surface area contributed by atoms with Gasteiger partial charge in [0.05, 0.1) is 11.7 Å². The van der Waals surface area contributed by atoms with E-state index >= 15 is 0 Å². The van der Waals surface area contributed by atoms with Crippen LogP contribution >= 0.6 is 0 Å². The highest BCUT2D eigenvalue weighted by Crippen LogP contribution is 2.21. The smallest absolute Gasteiger partial charge is 0.151 e. The molecule has 1 fully saturated rings. The van der Waals surface area contributed by atoms with Gasteiger partial charge in [0.1, 0.15) is 11.8 Å². The molecule has 0 spiro atoms. The van der Waals surface area contributed by atoms with Crippen molar-refractivity contribution in [1.82, 2.24) is 20.2 Å². The molecule has 1 N–H and O–H groups in total. The predicted octanol–water partition coefficient (Wildman–Crippen LogP) is 2.16. The summed E-state index contributed by atoms with van der Waals surface area (Å²) in [4.78, 5) is 8.11. The minimum Gasteiger partial charge on any atom is -0.366 e. The summed E-state index contributed by atoms with van der Waals surface area (Å²) >= 11 is 0. The van der Waals surface area contributed by atoms with Crippen LogP contribution in [0.1, 0.15) is 32.1 Å². The summed E-state index contributed by atoms with van der Waals surface area (Å²) in [6.07, 6.45) is 9.64. The molecule has 0 bridgehead atoms. The molecule has 2 aromatic rings. The summed E-state index contributed by atoms with van der Waals surface area (Å²) in [5.74, 6) is 0.822. The summed E-state index contributed by atoms with van der Waals surface area (Å²) in [7, 11) is 0. The van der Waals surface area contributed by atoms with Crippen LogP contribution in [-0.4, -0.2) is 26.2 Å². The highest BCUT2D eigenvalue weighted by molar-refractivity contribution is 5.74. The zero-order valence-corrected chi connectivity index (χ0v) is 9.63. The molecule has 1 aliphatic carbocycles. The molecule has 3 rings (SSSR count). The number of anilines is 1. The second-order valence-electron chi connectivity index (χ2n) is 4.50. The number of hydrogen-bond acceptors (Lipinski definition) is 5. The van der Waals surface area contributed by atoms with Gasteiger partial charge in [-0.3, -0.25) is 0 Å². The van der Waals surface area contributed by atoms with Crippen molar-refractivity contribution in [2.24, 2.45) is 0 Å². The van der Waals surface area contributed by atoms with Crippen LogP contribution in [0.4, 0.5) is 5.82 Å². The van der Waals surface area contributed by atoms with Gasteiger partial charge in [-0.25, -0.2) is 9.97 Å². The molecule has 1 aliphatic rings. The van der Waals surface area contributed by atoms with Crippen molar-refractivity contribution >= 4 is 16.9 Å². The number of nitrogens with one attached hydrogen (secondary N) is 1. The minimum absolute atomic E-state index is 0.539. The third-order valence-corrected chi connectivity index (χ3v) is 3.22. The quantitative estimate of drug-likeness (QED) is 0.855. The highest BCUT2D eigenvalue weighted by Gasteiger charge is 2.13. The second kappa shape index (κ2) is 4.61. The van der Waals surface area contributed by atoms with Gasteiger partial charge in [-0.2, -0.15) is 0 Å². The lowest BCUT2D eigenvalue weighted by molar-refractivity contribution is 0.461. The summed E-state index contributed by atoms with van der Waals surface area (Å²) in [5, 5.41) is 11.7. The molecule has 5 heteroatoms. The lowest BCUT2D eigenvalue weighted by Gasteiger charge is -2.22. The zero-order valence-electron chi connectivity index (χ0n) is 9.63. The van der Waals surface area contributed by atoms with Gasteiger partial charge in [-0.1, -0.05) is 19.3 Å². The Hall–Kier alpha value is -1.78. The Labute approximate surface area is 99.7 Å². The van der Waals surface area contributed by atoms with Crippen molar-refractivity contribution in [2.45, 2.75) is 38.1 Å². The fraction of sp³-hybridized carbons (Fsp3) is 0.500. The maximum atomic E-state index is 4.18. The van der Waals surface area contributed by atoms with E-state index in [1.165, 1.54) is 38.4 Å². The minimum atomic E-state index is 0.539. The van der Waals surface area contributed by atoms with Crippen molar-refractivity contribution in [3.63, 3.8) is 0 Å². The second-order valence-corrected chi connectivity index (χ2v) is 4.50. The van der Waals surface area contributed by atoms with E-state index in [1.54, 1.807) is 6.20 Å². The molecular weight excluding hydrogens is 214 g/mol. The van der Waals surface area contributed by atoms with Gasteiger partial charge in [-0.05, 0) is 12.8 Å². The van der Waals surface area contributed by atoms with E-state index in [2.05, 4.69) is 25.5 Å². The monoisotopic (exact) mass is 229 g/mol. The van der Waals surface area contributed by atoms with Crippen molar-refractivity contribution in [2.75, 3.05) is 5.32 Å². The molecule has 17 heavy (non-hydrogen) atoms. The molecule has 1 saturated carbocycles. The van der Waals surface area contributed by atoms with Gasteiger partial charge in [0, 0.05) is 12.1 Å². The van der Waals surface area contributed by atoms with Gasteiger partial charge in [0.2, 0.25) is 0 Å². The molecule has 0 atom stereocenters. The summed E-state index contributed by atoms with van der Waals surface area (Å²) in [6.45, 7) is 0. The van der Waals surface area contributed by atoms with Crippen LogP contribution in [-0.2, 0) is 0 Å². The average Bonchev–Trinajstić information content (AvgIpc) is 2.40. The normalized spacial score (nSPS) is 17.2. The number of rotatable bonds is 2. The first kappa shape index (κ1) is 10.4. The molecule has 0 saturated heterocycles. The Morgan fingerprint density at radius 2 is 1.94 bits per heavy atom. The van der Waals surface area contributed by atoms with Crippen molar-refractivity contribution < 1.29 is 0 Å². The van der Waals surface area contributed by atoms with Crippen LogP contribution < -0.4 is 5.32 Å². The molecule has 5 nitrogen and oxygen atoms in total. The SMILES string of the molecule is c1ncc2nnc(NC3CCCCC3)cc2n1. The van der Waals surface area contributed by atoms with Gasteiger partial charge in [0.15, 0.2) is 5.82 Å². The van der Waals surface area contributed by atoms with Gasteiger partial charge >= 0.3 is 0 Å². The molecule has 0 unspecified atom stereocenters. The molecular formula is C12H15N5. The van der Waals surface area contributed by atoms with Crippen LogP contribution in [0.2, 0.25) is 0 Å². The predicted molar refractivity (Wildman–Crippen MR) is 65.6 cm³/mol. The fourth-order valence-electron chi connectivity index (χ4n) is 2.31. The topological polar surface area (TPSA) is 63.6 Å². The van der Waals surface area contributed by atoms with E-state index in [-0.39, 0.29) is 0 Å². The largest absolute Gasteiger partial charge is 0.366 e. The number of aromatic nitrogens is 4. The van der Waals surface area contributed by atoms with E-state index < -0.39 is 0 Å². The standard InChI is InChI=1S/C12H15N5/c1-2-4-9(5-3-1)15-12-6-10-11(16-17-12)7-13-8-14-10/h6-9H,1-5H2,(H,15,17). The number of hydrogen-bond donors (Lipinski definition) is 1. The zero-order chi connectivity index (χ0) is 11.5. The van der Waals surface area contributed by atoms with Crippen molar-refractivity contribution in [3.05, 3.63) is 18.6 Å². The average molecular weight is 229 g/mol. The van der Waals surface area contributed by atoms with E-state index in [1.807, 2.05) is 6.07 Å². The fourth-order valence-corrected chi connectivity index (χ4v) is 2.31. The molecule has 0 amide bonds. The first-order valence-electron chi connectivity index (χ1n) is 6.12. The summed E-state index contributed by atoms with van der Waals surface area (Å²) < 4.78 is 0. The Morgan fingerprint density at radius 1 is 1.06 bits per heavy atom. The first-order chi connectivity index (χ1) is 8.42. The van der Waals surface area contributed by atoms with Crippen LogP contribution in [0, 0.1) is 0 Å². The lowest BCUT2D eigenvalue weighted by Crippen LogP contribution is -2.22. The van der Waals surface area contributed by atoms with Crippen LogP contribution in [0.25, 0.3) is 11.0 Å². The Balaban J connectivity index is 1.80. The Morgan fingerprint density at radius 3 is 2.82 bits per heavy atom. The molecule has 0 radical (unpaired) electrons. The maximum Gasteiger partial charge on any atom is 0.151 e. The van der Waals surface area contributed by atoms with Gasteiger partial charge in [0.25, 0.3) is 0 Å². The van der Waals surface area contributed by atoms with E-state index in [4.69, 9.17) is 0 Å². The van der Waals surface area contributed by atoms with Gasteiger partial charge in [-0.15, -0.1) is 10.2 Å². The molecule has 2 aromatic heterocycles. The van der Waals surface area contributed by atoms with Crippen LogP contribution in [0.5, 0.6) is 0 Å². The lowest BCUT2D eigenvalue weighted by atomic mass is 9.95. The molecule has 0 aromatic carbocycles.